The molecule has 13 heavy (non-hydrogen) atoms. The number of primary amides is 1. The van der Waals surface area contributed by atoms with Crippen molar-refractivity contribution in [3.63, 3.8) is 0 Å². The molecule has 1 heterocycles. The molecule has 1 fully saturated rings. The maximum absolute atomic E-state index is 11.2. The first-order chi connectivity index (χ1) is 6.04. The van der Waals surface area contributed by atoms with Gasteiger partial charge in [-0.3, -0.25) is 4.79 Å². The summed E-state index contributed by atoms with van der Waals surface area (Å²) >= 11 is 0. The van der Waals surface area contributed by atoms with Crippen LogP contribution < -0.4 is 5.73 Å². The zero-order chi connectivity index (χ0) is 10.0. The zero-order valence-electron chi connectivity index (χ0n) is 8.42. The topological polar surface area (TPSA) is 46.3 Å². The molecule has 3 heteroatoms. The van der Waals surface area contributed by atoms with E-state index in [2.05, 4.69) is 6.58 Å². The highest BCUT2D eigenvalue weighted by Gasteiger charge is 2.30. The molecule has 1 saturated heterocycles. The number of carbonyl (C=O) groups excluding carboxylic acids is 1. The lowest BCUT2D eigenvalue weighted by atomic mass is 10.0. The van der Waals surface area contributed by atoms with Gasteiger partial charge in [-0.15, -0.1) is 0 Å². The molecule has 0 aromatic rings. The molecule has 1 rings (SSSR count). The molecular formula is C10H18N2O. The maximum atomic E-state index is 11.2. The quantitative estimate of drug-likeness (QED) is 0.710. The number of likely N-dealkylation sites (tertiary alicyclic amines) is 1. The van der Waals surface area contributed by atoms with Crippen molar-refractivity contribution >= 4 is 5.91 Å². The van der Waals surface area contributed by atoms with Gasteiger partial charge in [0.25, 0.3) is 0 Å². The highest BCUT2D eigenvalue weighted by Crippen LogP contribution is 2.24. The van der Waals surface area contributed by atoms with Gasteiger partial charge in [0.05, 0.1) is 0 Å². The predicted molar refractivity (Wildman–Crippen MR) is 52.9 cm³/mol. The van der Waals surface area contributed by atoms with E-state index >= 15 is 0 Å². The Bertz CT molecular complexity index is 223. The predicted octanol–water partition coefficient (Wildman–Crippen LogP) is 1.11. The number of rotatable bonds is 3. The lowest BCUT2D eigenvalue weighted by molar-refractivity contribution is -0.123. The van der Waals surface area contributed by atoms with E-state index in [1.54, 1.807) is 0 Å². The second-order valence-corrected chi connectivity index (χ2v) is 3.95. The number of amides is 1. The third-order valence-corrected chi connectivity index (χ3v) is 2.53. The lowest BCUT2D eigenvalue weighted by Crippen LogP contribution is -2.45. The second-order valence-electron chi connectivity index (χ2n) is 3.95. The van der Waals surface area contributed by atoms with Crippen LogP contribution in [0.1, 0.15) is 26.7 Å². The SMILES string of the molecule is C=C1CCCN1C(C(N)=O)C(C)C. The van der Waals surface area contributed by atoms with E-state index in [0.717, 1.165) is 25.1 Å². The van der Waals surface area contributed by atoms with Crippen molar-refractivity contribution in [2.75, 3.05) is 6.54 Å². The smallest absolute Gasteiger partial charge is 0.240 e. The minimum Gasteiger partial charge on any atom is -0.368 e. The Labute approximate surface area is 79.6 Å². The van der Waals surface area contributed by atoms with Crippen LogP contribution in [0.25, 0.3) is 0 Å². The minimum absolute atomic E-state index is 0.171. The maximum Gasteiger partial charge on any atom is 0.240 e. The van der Waals surface area contributed by atoms with Gasteiger partial charge in [0.1, 0.15) is 6.04 Å². The second kappa shape index (κ2) is 3.81. The minimum atomic E-state index is -0.238. The van der Waals surface area contributed by atoms with Crippen LogP contribution in [-0.2, 0) is 4.79 Å². The monoisotopic (exact) mass is 182 g/mol. The summed E-state index contributed by atoms with van der Waals surface area (Å²) in [4.78, 5) is 13.3. The van der Waals surface area contributed by atoms with Crippen LogP contribution in [-0.4, -0.2) is 23.4 Å². The Morgan fingerprint density at radius 1 is 1.62 bits per heavy atom. The fourth-order valence-electron chi connectivity index (χ4n) is 1.93. The number of hydrogen-bond acceptors (Lipinski definition) is 2. The Morgan fingerprint density at radius 3 is 2.54 bits per heavy atom. The van der Waals surface area contributed by atoms with E-state index in [9.17, 15) is 4.79 Å². The molecule has 3 nitrogen and oxygen atoms in total. The number of carbonyl (C=O) groups is 1. The van der Waals surface area contributed by atoms with Crippen LogP contribution in [0.2, 0.25) is 0 Å². The van der Waals surface area contributed by atoms with Crippen LogP contribution in [0, 0.1) is 5.92 Å². The summed E-state index contributed by atoms with van der Waals surface area (Å²) in [6.07, 6.45) is 2.09. The first kappa shape index (κ1) is 10.1. The summed E-state index contributed by atoms with van der Waals surface area (Å²) in [6.45, 7) is 8.89. The zero-order valence-corrected chi connectivity index (χ0v) is 8.42. The Hall–Kier alpha value is -0.990. The molecule has 1 aliphatic rings. The van der Waals surface area contributed by atoms with Crippen molar-refractivity contribution in [2.24, 2.45) is 11.7 Å². The van der Waals surface area contributed by atoms with Gasteiger partial charge in [-0.05, 0) is 18.8 Å². The van der Waals surface area contributed by atoms with Crippen molar-refractivity contribution in [3.05, 3.63) is 12.3 Å². The molecule has 0 bridgehead atoms. The molecule has 1 atom stereocenters. The van der Waals surface area contributed by atoms with Gasteiger partial charge in [0, 0.05) is 12.2 Å². The number of nitrogens with zero attached hydrogens (tertiary/aromatic N) is 1. The van der Waals surface area contributed by atoms with Crippen LogP contribution >= 0.6 is 0 Å². The lowest BCUT2D eigenvalue weighted by Gasteiger charge is -2.30. The molecule has 0 aromatic carbocycles. The molecule has 0 aliphatic carbocycles. The summed E-state index contributed by atoms with van der Waals surface area (Å²) in [7, 11) is 0. The van der Waals surface area contributed by atoms with Crippen LogP contribution in [0.5, 0.6) is 0 Å². The third kappa shape index (κ3) is 2.02. The fourth-order valence-corrected chi connectivity index (χ4v) is 1.93. The molecule has 2 N–H and O–H groups in total. The summed E-state index contributed by atoms with van der Waals surface area (Å²) in [6, 6.07) is -0.171. The molecule has 1 unspecified atom stereocenters. The normalized spacial score (nSPS) is 19.6. The van der Waals surface area contributed by atoms with Gasteiger partial charge in [-0.2, -0.15) is 0 Å². The van der Waals surface area contributed by atoms with Crippen molar-refractivity contribution in [3.8, 4) is 0 Å². The van der Waals surface area contributed by atoms with Crippen molar-refractivity contribution in [1.82, 2.24) is 4.90 Å². The number of nitrogens with two attached hydrogens (primary N) is 1. The summed E-state index contributed by atoms with van der Waals surface area (Å²) in [5.74, 6) is 0.0189. The van der Waals surface area contributed by atoms with Gasteiger partial charge < -0.3 is 10.6 Å². The van der Waals surface area contributed by atoms with Crippen LogP contribution in [0.15, 0.2) is 12.3 Å². The summed E-state index contributed by atoms with van der Waals surface area (Å²) in [5.41, 5.74) is 6.41. The van der Waals surface area contributed by atoms with Crippen molar-refractivity contribution in [2.45, 2.75) is 32.7 Å². The molecule has 1 amide bonds. The Balaban J connectivity index is 2.75. The average Bonchev–Trinajstić information content (AvgIpc) is 2.35. The summed E-state index contributed by atoms with van der Waals surface area (Å²) < 4.78 is 0. The molecule has 0 spiro atoms. The fraction of sp³-hybridized carbons (Fsp3) is 0.700. The van der Waals surface area contributed by atoms with E-state index < -0.39 is 0 Å². The largest absolute Gasteiger partial charge is 0.368 e. The van der Waals surface area contributed by atoms with Gasteiger partial charge >= 0.3 is 0 Å². The number of allylic oxidation sites excluding steroid dienone is 1. The molecule has 0 radical (unpaired) electrons. The Morgan fingerprint density at radius 2 is 2.23 bits per heavy atom. The highest BCUT2D eigenvalue weighted by molar-refractivity contribution is 5.80. The van der Waals surface area contributed by atoms with Crippen molar-refractivity contribution < 1.29 is 4.79 Å². The standard InChI is InChI=1S/C10H18N2O/c1-7(2)9(10(11)13)12-6-4-5-8(12)3/h7,9H,3-6H2,1-2H3,(H2,11,13). The first-order valence-electron chi connectivity index (χ1n) is 4.77. The molecule has 74 valence electrons. The molecule has 0 saturated carbocycles. The molecular weight excluding hydrogens is 164 g/mol. The Kier molecular flexibility index (Phi) is 2.96. The molecule has 0 aromatic heterocycles. The van der Waals surface area contributed by atoms with E-state index in [0.29, 0.717) is 0 Å². The van der Waals surface area contributed by atoms with E-state index in [1.807, 2.05) is 18.7 Å². The van der Waals surface area contributed by atoms with Gasteiger partial charge in [-0.25, -0.2) is 0 Å². The van der Waals surface area contributed by atoms with Gasteiger partial charge in [0.2, 0.25) is 5.91 Å². The van der Waals surface area contributed by atoms with Gasteiger partial charge in [0.15, 0.2) is 0 Å². The number of hydrogen-bond donors (Lipinski definition) is 1. The van der Waals surface area contributed by atoms with E-state index in [1.165, 1.54) is 0 Å². The third-order valence-electron chi connectivity index (χ3n) is 2.53. The van der Waals surface area contributed by atoms with E-state index in [4.69, 9.17) is 5.73 Å². The highest BCUT2D eigenvalue weighted by atomic mass is 16.1. The van der Waals surface area contributed by atoms with Crippen LogP contribution in [0.4, 0.5) is 0 Å². The first-order valence-corrected chi connectivity index (χ1v) is 4.77. The van der Waals surface area contributed by atoms with E-state index in [-0.39, 0.29) is 17.9 Å². The van der Waals surface area contributed by atoms with Crippen molar-refractivity contribution in [1.29, 1.82) is 0 Å². The van der Waals surface area contributed by atoms with Crippen LogP contribution in [0.3, 0.4) is 0 Å². The average molecular weight is 182 g/mol. The summed E-state index contributed by atoms with van der Waals surface area (Å²) in [5, 5.41) is 0. The molecule has 1 aliphatic heterocycles. The van der Waals surface area contributed by atoms with Gasteiger partial charge in [-0.1, -0.05) is 20.4 Å².